The number of carbonyl (C=O) groups is 1. The van der Waals surface area contributed by atoms with E-state index in [-0.39, 0.29) is 11.2 Å². The third-order valence-corrected chi connectivity index (χ3v) is 8.22. The number of hydrogen-bond acceptors (Lipinski definition) is 2. The quantitative estimate of drug-likeness (QED) is 0.232. The first kappa shape index (κ1) is 28.7. The van der Waals surface area contributed by atoms with Crippen molar-refractivity contribution < 1.29 is 4.79 Å². The van der Waals surface area contributed by atoms with Crippen molar-refractivity contribution in [2.75, 3.05) is 0 Å². The van der Waals surface area contributed by atoms with Crippen LogP contribution in [0.25, 0.3) is 0 Å². The number of unbranched alkanes of at least 4 members (excludes halogenated alkanes) is 14. The molecule has 1 saturated carbocycles. The zero-order valence-corrected chi connectivity index (χ0v) is 23.0. The van der Waals surface area contributed by atoms with Gasteiger partial charge in [0.25, 0.3) is 0 Å². The van der Waals surface area contributed by atoms with E-state index in [0.717, 1.165) is 32.1 Å². The van der Waals surface area contributed by atoms with Gasteiger partial charge in [-0.1, -0.05) is 103 Å². The maximum Gasteiger partial charge on any atom is 0.224 e. The van der Waals surface area contributed by atoms with Gasteiger partial charge in [-0.25, -0.2) is 0 Å². The molecule has 0 radical (unpaired) electrons. The van der Waals surface area contributed by atoms with Gasteiger partial charge in [0.2, 0.25) is 5.91 Å². The lowest BCUT2D eigenvalue weighted by atomic mass is 9.78. The van der Waals surface area contributed by atoms with Crippen molar-refractivity contribution in [1.29, 1.82) is 0 Å². The summed E-state index contributed by atoms with van der Waals surface area (Å²) in [6, 6.07) is 0.350. The summed E-state index contributed by atoms with van der Waals surface area (Å²) in [6.07, 6.45) is 28.5. The van der Waals surface area contributed by atoms with Gasteiger partial charge in [-0.3, -0.25) is 10.1 Å². The van der Waals surface area contributed by atoms with E-state index in [2.05, 4.69) is 37.9 Å². The van der Waals surface area contributed by atoms with Crippen molar-refractivity contribution in [1.82, 2.24) is 10.2 Å². The normalized spacial score (nSPS) is 22.1. The first-order valence-corrected chi connectivity index (χ1v) is 15.0. The molecule has 3 nitrogen and oxygen atoms in total. The molecule has 1 N–H and O–H groups in total. The summed E-state index contributed by atoms with van der Waals surface area (Å²) >= 11 is 0. The van der Waals surface area contributed by atoms with Crippen LogP contribution in [-0.2, 0) is 4.79 Å². The van der Waals surface area contributed by atoms with Crippen LogP contribution in [0.3, 0.4) is 0 Å². The fraction of sp³-hybridized carbons (Fsp3) is 0.967. The second-order valence-electron chi connectivity index (χ2n) is 12.1. The average Bonchev–Trinajstić information content (AvgIpc) is 2.75. The highest BCUT2D eigenvalue weighted by Gasteiger charge is 2.49. The molecular weight excluding hydrogens is 404 g/mol. The number of carbonyl (C=O) groups excluding carboxylic acids is 1. The molecule has 1 aliphatic heterocycles. The Bertz CT molecular complexity index is 523. The van der Waals surface area contributed by atoms with Crippen LogP contribution in [0.2, 0.25) is 0 Å². The summed E-state index contributed by atoms with van der Waals surface area (Å²) in [5.74, 6) is 0.405. The average molecular weight is 463 g/mol. The Hall–Kier alpha value is -0.570. The van der Waals surface area contributed by atoms with E-state index in [9.17, 15) is 4.79 Å². The number of amides is 1. The molecule has 2 aliphatic rings. The molecule has 1 spiro atoms. The summed E-state index contributed by atoms with van der Waals surface area (Å²) in [5.41, 5.74) is 0.0498. The van der Waals surface area contributed by atoms with Gasteiger partial charge in [-0.15, -0.1) is 0 Å². The lowest BCUT2D eigenvalue weighted by Gasteiger charge is -2.58. The Morgan fingerprint density at radius 1 is 0.758 bits per heavy atom. The summed E-state index contributed by atoms with van der Waals surface area (Å²) < 4.78 is 0. The van der Waals surface area contributed by atoms with Gasteiger partial charge in [-0.05, 0) is 59.3 Å². The second-order valence-corrected chi connectivity index (χ2v) is 12.1. The Balaban J connectivity index is 1.53. The second kappa shape index (κ2) is 15.4. The van der Waals surface area contributed by atoms with E-state index < -0.39 is 0 Å². The zero-order chi connectivity index (χ0) is 24.0. The molecule has 1 aliphatic carbocycles. The van der Waals surface area contributed by atoms with Crippen molar-refractivity contribution >= 4 is 5.91 Å². The third-order valence-electron chi connectivity index (χ3n) is 8.22. The van der Waals surface area contributed by atoms with E-state index >= 15 is 0 Å². The highest BCUT2D eigenvalue weighted by Crippen LogP contribution is 2.40. The number of nitrogens with one attached hydrogen (secondary N) is 1. The molecule has 0 aromatic carbocycles. The molecule has 1 amide bonds. The third kappa shape index (κ3) is 10.3. The van der Waals surface area contributed by atoms with Gasteiger partial charge in [0.1, 0.15) is 0 Å². The fourth-order valence-electron chi connectivity index (χ4n) is 6.75. The van der Waals surface area contributed by atoms with Gasteiger partial charge in [0, 0.05) is 18.0 Å². The molecule has 1 heterocycles. The minimum Gasteiger partial charge on any atom is -0.322 e. The predicted molar refractivity (Wildman–Crippen MR) is 144 cm³/mol. The first-order chi connectivity index (χ1) is 15.9. The zero-order valence-electron chi connectivity index (χ0n) is 23.0. The minimum atomic E-state index is -0.0774. The van der Waals surface area contributed by atoms with Crippen LogP contribution in [0.5, 0.6) is 0 Å². The minimum absolute atomic E-state index is 0.0774. The largest absolute Gasteiger partial charge is 0.322 e. The van der Waals surface area contributed by atoms with Crippen LogP contribution in [0.1, 0.15) is 169 Å². The van der Waals surface area contributed by atoms with Gasteiger partial charge >= 0.3 is 0 Å². The maximum absolute atomic E-state index is 13.3. The summed E-state index contributed by atoms with van der Waals surface area (Å²) in [7, 11) is 0. The molecule has 3 heteroatoms. The van der Waals surface area contributed by atoms with Crippen molar-refractivity contribution in [3.63, 3.8) is 0 Å². The maximum atomic E-state index is 13.3. The standard InChI is InChI=1S/C30H58N2O/c1-5-6-7-8-9-10-11-12-13-14-15-16-17-18-20-23-28(33)32-27(2)26-29(3,4)31-30(32)24-21-19-22-25-30/h27,31H,5-26H2,1-4H3. The van der Waals surface area contributed by atoms with Crippen LogP contribution in [0, 0.1) is 0 Å². The van der Waals surface area contributed by atoms with Gasteiger partial charge in [-0.2, -0.15) is 0 Å². The van der Waals surface area contributed by atoms with E-state index in [1.165, 1.54) is 109 Å². The Kier molecular flexibility index (Phi) is 13.4. The fourth-order valence-corrected chi connectivity index (χ4v) is 6.75. The van der Waals surface area contributed by atoms with E-state index in [4.69, 9.17) is 0 Å². The molecule has 194 valence electrons. The van der Waals surface area contributed by atoms with Gasteiger partial charge < -0.3 is 4.90 Å². The molecule has 0 aromatic rings. The molecule has 0 aromatic heterocycles. The Morgan fingerprint density at radius 3 is 1.70 bits per heavy atom. The first-order valence-electron chi connectivity index (χ1n) is 15.0. The smallest absolute Gasteiger partial charge is 0.224 e. The number of nitrogens with zero attached hydrogens (tertiary/aromatic N) is 1. The molecule has 2 rings (SSSR count). The van der Waals surface area contributed by atoms with Crippen LogP contribution in [0.15, 0.2) is 0 Å². The Labute approximate surface area is 207 Å². The number of rotatable bonds is 16. The van der Waals surface area contributed by atoms with Crippen molar-refractivity contribution in [2.45, 2.75) is 186 Å². The molecular formula is C30H58N2O. The lowest BCUT2D eigenvalue weighted by molar-refractivity contribution is -0.153. The number of hydrogen-bond donors (Lipinski definition) is 1. The monoisotopic (exact) mass is 462 g/mol. The molecule has 1 unspecified atom stereocenters. The van der Waals surface area contributed by atoms with Crippen LogP contribution < -0.4 is 5.32 Å². The summed E-state index contributed by atoms with van der Waals surface area (Å²) in [5, 5.41) is 3.93. The van der Waals surface area contributed by atoms with Crippen LogP contribution >= 0.6 is 0 Å². The van der Waals surface area contributed by atoms with Crippen molar-refractivity contribution in [2.24, 2.45) is 0 Å². The molecule has 0 bridgehead atoms. The van der Waals surface area contributed by atoms with Crippen molar-refractivity contribution in [3.05, 3.63) is 0 Å². The summed E-state index contributed by atoms with van der Waals surface area (Å²) in [4.78, 5) is 15.6. The lowest BCUT2D eigenvalue weighted by Crippen LogP contribution is -2.73. The van der Waals surface area contributed by atoms with Gasteiger partial charge in [0.05, 0.1) is 5.66 Å². The van der Waals surface area contributed by atoms with E-state index in [1.54, 1.807) is 0 Å². The highest BCUT2D eigenvalue weighted by atomic mass is 16.2. The van der Waals surface area contributed by atoms with Crippen LogP contribution in [0.4, 0.5) is 0 Å². The molecule has 1 saturated heterocycles. The topological polar surface area (TPSA) is 32.3 Å². The van der Waals surface area contributed by atoms with Gasteiger partial charge in [0.15, 0.2) is 0 Å². The molecule has 1 atom stereocenters. The SMILES string of the molecule is CCCCCCCCCCCCCCCCCC(=O)N1C(C)CC(C)(C)NC12CCCCC2. The van der Waals surface area contributed by atoms with Crippen molar-refractivity contribution in [3.8, 4) is 0 Å². The predicted octanol–water partition coefficient (Wildman–Crippen LogP) is 8.90. The van der Waals surface area contributed by atoms with E-state index in [1.807, 2.05) is 0 Å². The van der Waals surface area contributed by atoms with E-state index in [0.29, 0.717) is 11.9 Å². The van der Waals surface area contributed by atoms with Crippen LogP contribution in [-0.4, -0.2) is 28.1 Å². The summed E-state index contributed by atoms with van der Waals surface area (Å²) in [6.45, 7) is 9.20. The molecule has 2 fully saturated rings. The highest BCUT2D eigenvalue weighted by molar-refractivity contribution is 5.77. The Morgan fingerprint density at radius 2 is 1.21 bits per heavy atom. The molecule has 33 heavy (non-hydrogen) atoms.